The second-order valence-electron chi connectivity index (χ2n) is 6.72. The number of nitrogens with one attached hydrogen (secondary N) is 2. The molecule has 3 aromatic carbocycles. The maximum absolute atomic E-state index is 12.7. The van der Waals surface area contributed by atoms with E-state index in [1.54, 1.807) is 43.3 Å². The van der Waals surface area contributed by atoms with E-state index in [1.165, 1.54) is 12.1 Å². The number of hydrogen-bond acceptors (Lipinski definition) is 3. The van der Waals surface area contributed by atoms with Crippen LogP contribution in [0.4, 0.5) is 11.4 Å². The fraction of sp³-hybridized carbons (Fsp3) is 0.136. The Balaban J connectivity index is 1.87. The van der Waals surface area contributed by atoms with E-state index in [0.29, 0.717) is 11.3 Å². The van der Waals surface area contributed by atoms with Crippen LogP contribution in [0.3, 0.4) is 0 Å². The van der Waals surface area contributed by atoms with Crippen LogP contribution in [-0.4, -0.2) is 14.3 Å². The molecule has 0 unspecified atom stereocenters. The van der Waals surface area contributed by atoms with Crippen LogP contribution in [0.25, 0.3) is 0 Å². The number of rotatable bonds is 5. The van der Waals surface area contributed by atoms with Gasteiger partial charge in [0.05, 0.1) is 10.6 Å². The zero-order valence-corrected chi connectivity index (χ0v) is 16.8. The molecule has 0 saturated heterocycles. The van der Waals surface area contributed by atoms with Gasteiger partial charge in [-0.2, -0.15) is 0 Å². The van der Waals surface area contributed by atoms with Gasteiger partial charge in [-0.3, -0.25) is 9.52 Å². The summed E-state index contributed by atoms with van der Waals surface area (Å²) in [4.78, 5) is 12.9. The van der Waals surface area contributed by atoms with Crippen molar-refractivity contribution in [2.24, 2.45) is 0 Å². The van der Waals surface area contributed by atoms with Crippen LogP contribution in [0.1, 0.15) is 27.0 Å². The second-order valence-corrected chi connectivity index (χ2v) is 8.40. The minimum absolute atomic E-state index is 0.166. The van der Waals surface area contributed by atoms with Crippen LogP contribution in [0.2, 0.25) is 0 Å². The lowest BCUT2D eigenvalue weighted by Gasteiger charge is -2.13. The van der Waals surface area contributed by atoms with Crippen LogP contribution in [0, 0.1) is 20.8 Å². The highest BCUT2D eigenvalue weighted by atomic mass is 32.2. The van der Waals surface area contributed by atoms with E-state index in [1.807, 2.05) is 32.0 Å². The summed E-state index contributed by atoms with van der Waals surface area (Å²) in [6.45, 7) is 5.66. The van der Waals surface area contributed by atoms with Crippen molar-refractivity contribution >= 4 is 27.3 Å². The van der Waals surface area contributed by atoms with Gasteiger partial charge < -0.3 is 5.32 Å². The minimum atomic E-state index is -3.73. The van der Waals surface area contributed by atoms with Gasteiger partial charge in [-0.1, -0.05) is 36.4 Å². The van der Waals surface area contributed by atoms with Crippen LogP contribution < -0.4 is 10.0 Å². The molecule has 3 rings (SSSR count). The molecule has 144 valence electrons. The normalized spacial score (nSPS) is 11.1. The van der Waals surface area contributed by atoms with Gasteiger partial charge in [0.15, 0.2) is 0 Å². The van der Waals surface area contributed by atoms with E-state index < -0.39 is 10.0 Å². The third-order valence-electron chi connectivity index (χ3n) is 4.44. The Morgan fingerprint density at radius 2 is 1.43 bits per heavy atom. The molecule has 0 saturated carbocycles. The first-order valence-corrected chi connectivity index (χ1v) is 10.3. The first kappa shape index (κ1) is 19.6. The zero-order valence-electron chi connectivity index (χ0n) is 16.0. The van der Waals surface area contributed by atoms with Crippen LogP contribution in [0.5, 0.6) is 0 Å². The first-order valence-electron chi connectivity index (χ1n) is 8.83. The largest absolute Gasteiger partial charge is 0.322 e. The van der Waals surface area contributed by atoms with Crippen molar-refractivity contribution in [2.75, 3.05) is 10.0 Å². The fourth-order valence-corrected chi connectivity index (χ4v) is 3.88. The molecule has 0 aliphatic rings. The molecule has 0 bridgehead atoms. The number of hydrogen-bond donors (Lipinski definition) is 2. The Kier molecular flexibility index (Phi) is 5.51. The molecule has 0 fully saturated rings. The van der Waals surface area contributed by atoms with E-state index in [-0.39, 0.29) is 10.8 Å². The lowest BCUT2D eigenvalue weighted by molar-refractivity contribution is 0.102. The van der Waals surface area contributed by atoms with Crippen LogP contribution >= 0.6 is 0 Å². The van der Waals surface area contributed by atoms with Crippen molar-refractivity contribution in [1.82, 2.24) is 0 Å². The second kappa shape index (κ2) is 7.86. The number of amides is 1. The van der Waals surface area contributed by atoms with Crippen LogP contribution in [0.15, 0.2) is 71.6 Å². The lowest BCUT2D eigenvalue weighted by Crippen LogP contribution is -2.16. The Labute approximate surface area is 165 Å². The molecule has 0 aliphatic heterocycles. The third kappa shape index (κ3) is 4.40. The number of aryl methyl sites for hydroxylation is 3. The Morgan fingerprint density at radius 1 is 0.786 bits per heavy atom. The molecule has 0 aliphatic carbocycles. The van der Waals surface area contributed by atoms with Crippen molar-refractivity contribution in [3.05, 3.63) is 89.0 Å². The zero-order chi connectivity index (χ0) is 20.3. The summed E-state index contributed by atoms with van der Waals surface area (Å²) in [5.74, 6) is -0.297. The molecule has 0 heterocycles. The number of carbonyl (C=O) groups is 1. The fourth-order valence-electron chi connectivity index (χ4n) is 2.74. The molecule has 5 nitrogen and oxygen atoms in total. The highest BCUT2D eigenvalue weighted by Crippen LogP contribution is 2.23. The lowest BCUT2D eigenvalue weighted by atomic mass is 10.1. The summed E-state index contributed by atoms with van der Waals surface area (Å²) in [5, 5.41) is 2.89. The maximum Gasteiger partial charge on any atom is 0.261 e. The number of anilines is 2. The average Bonchev–Trinajstić information content (AvgIpc) is 2.67. The van der Waals surface area contributed by atoms with E-state index in [9.17, 15) is 13.2 Å². The Morgan fingerprint density at radius 3 is 2.14 bits per heavy atom. The molecule has 2 N–H and O–H groups in total. The van der Waals surface area contributed by atoms with Crippen molar-refractivity contribution < 1.29 is 13.2 Å². The highest BCUT2D eigenvalue weighted by Gasteiger charge is 2.16. The van der Waals surface area contributed by atoms with Gasteiger partial charge in [-0.05, 0) is 67.8 Å². The quantitative estimate of drug-likeness (QED) is 0.661. The maximum atomic E-state index is 12.7. The topological polar surface area (TPSA) is 75.3 Å². The van der Waals surface area contributed by atoms with Gasteiger partial charge in [0.1, 0.15) is 0 Å². The molecular weight excluding hydrogens is 372 g/mol. The van der Waals surface area contributed by atoms with Crippen molar-refractivity contribution in [3.63, 3.8) is 0 Å². The molecule has 0 spiro atoms. The molecule has 0 atom stereocenters. The van der Waals surface area contributed by atoms with E-state index in [4.69, 9.17) is 0 Å². The van der Waals surface area contributed by atoms with E-state index in [0.717, 1.165) is 22.4 Å². The summed E-state index contributed by atoms with van der Waals surface area (Å²) < 4.78 is 27.8. The van der Waals surface area contributed by atoms with Crippen LogP contribution in [-0.2, 0) is 10.0 Å². The molecule has 0 radical (unpaired) electrons. The van der Waals surface area contributed by atoms with Gasteiger partial charge >= 0.3 is 0 Å². The Hall–Kier alpha value is -3.12. The smallest absolute Gasteiger partial charge is 0.261 e. The minimum Gasteiger partial charge on any atom is -0.322 e. The summed E-state index contributed by atoms with van der Waals surface area (Å²) >= 11 is 0. The standard InChI is InChI=1S/C22H22N2O3S/c1-15-9-10-16(2)20(13-15)23-22(25)18-12-11-17(3)21(14-18)24-28(26,27)19-7-5-4-6-8-19/h4-14,24H,1-3H3,(H,23,25). The van der Waals surface area contributed by atoms with E-state index >= 15 is 0 Å². The van der Waals surface area contributed by atoms with Gasteiger partial charge in [0.25, 0.3) is 15.9 Å². The number of sulfonamides is 1. The highest BCUT2D eigenvalue weighted by molar-refractivity contribution is 7.92. The Bertz CT molecular complexity index is 1120. The van der Waals surface area contributed by atoms with Crippen molar-refractivity contribution in [1.29, 1.82) is 0 Å². The summed E-state index contributed by atoms with van der Waals surface area (Å²) in [7, 11) is -3.73. The molecule has 3 aromatic rings. The molecule has 1 amide bonds. The summed E-state index contributed by atoms with van der Waals surface area (Å²) in [6.07, 6.45) is 0. The molecular formula is C22H22N2O3S. The number of benzene rings is 3. The molecule has 6 heteroatoms. The molecule has 0 aromatic heterocycles. The predicted octanol–water partition coefficient (Wildman–Crippen LogP) is 4.66. The van der Waals surface area contributed by atoms with Crippen molar-refractivity contribution in [2.45, 2.75) is 25.7 Å². The first-order chi connectivity index (χ1) is 13.3. The van der Waals surface area contributed by atoms with Gasteiger partial charge in [-0.15, -0.1) is 0 Å². The number of carbonyl (C=O) groups excluding carboxylic acids is 1. The van der Waals surface area contributed by atoms with Gasteiger partial charge in [-0.25, -0.2) is 8.42 Å². The predicted molar refractivity (Wildman–Crippen MR) is 112 cm³/mol. The van der Waals surface area contributed by atoms with E-state index in [2.05, 4.69) is 10.0 Å². The third-order valence-corrected chi connectivity index (χ3v) is 5.82. The van der Waals surface area contributed by atoms with Gasteiger partial charge in [0, 0.05) is 11.3 Å². The monoisotopic (exact) mass is 394 g/mol. The summed E-state index contributed by atoms with van der Waals surface area (Å²) in [5.41, 5.74) is 4.20. The average molecular weight is 394 g/mol. The summed E-state index contributed by atoms with van der Waals surface area (Å²) in [6, 6.07) is 18.9. The van der Waals surface area contributed by atoms with Crippen molar-refractivity contribution in [3.8, 4) is 0 Å². The SMILES string of the molecule is Cc1ccc(C)c(NC(=O)c2ccc(C)c(NS(=O)(=O)c3ccccc3)c2)c1. The van der Waals surface area contributed by atoms with Gasteiger partial charge in [0.2, 0.25) is 0 Å². The molecule has 28 heavy (non-hydrogen) atoms.